The molecule has 0 amide bonds. The van der Waals surface area contributed by atoms with Gasteiger partial charge >= 0.3 is 6.18 Å². The zero-order chi connectivity index (χ0) is 29.4. The monoisotopic (exact) mass is 582 g/mol. The molecule has 4 heterocycles. The fourth-order valence-electron chi connectivity index (χ4n) is 5.79. The number of anilines is 1. The van der Waals surface area contributed by atoms with Gasteiger partial charge in [-0.3, -0.25) is 4.90 Å². The molecule has 218 valence electrons. The van der Waals surface area contributed by atoms with E-state index in [1.165, 1.54) is 17.5 Å². The largest absolute Gasteiger partial charge is 0.393 e. The van der Waals surface area contributed by atoms with Gasteiger partial charge in [0, 0.05) is 48.0 Å². The van der Waals surface area contributed by atoms with Crippen molar-refractivity contribution >= 4 is 38.3 Å². The molecule has 1 fully saturated rings. The van der Waals surface area contributed by atoms with Crippen LogP contribution in [0, 0.1) is 23.7 Å². The molecular formula is C31H37F3N6S. The molecule has 1 saturated heterocycles. The highest BCUT2D eigenvalue weighted by Gasteiger charge is 2.29. The molecule has 0 radical (unpaired) electrons. The van der Waals surface area contributed by atoms with E-state index >= 15 is 0 Å². The standard InChI is InChI=1S/C31H37F3N6S/c1-5-30(4,6-2)18-40-23(16-35)13-25-20(3)21(7-8-27(25)40)17-39-11-9-22(10-12-39)38-28-26-14-24(15-31(32,33)34)41-29(26)37-19-36-28/h7-8,13-14,19,22H,5-6,9-12,15,17-18H2,1-4H3,(H,36,37,38). The average Bonchev–Trinajstić information content (AvgIpc) is 3.51. The highest BCUT2D eigenvalue weighted by molar-refractivity contribution is 7.18. The first-order chi connectivity index (χ1) is 19.5. The number of nitrogens with one attached hydrogen (secondary N) is 1. The Morgan fingerprint density at radius 3 is 2.49 bits per heavy atom. The van der Waals surface area contributed by atoms with E-state index in [1.807, 2.05) is 6.07 Å². The molecule has 0 unspecified atom stereocenters. The highest BCUT2D eigenvalue weighted by atomic mass is 32.1. The van der Waals surface area contributed by atoms with E-state index in [-0.39, 0.29) is 16.3 Å². The summed E-state index contributed by atoms with van der Waals surface area (Å²) in [6, 6.07) is 10.6. The maximum absolute atomic E-state index is 12.9. The first-order valence-corrected chi connectivity index (χ1v) is 15.1. The third-order valence-corrected chi connectivity index (χ3v) is 9.95. The highest BCUT2D eigenvalue weighted by Crippen LogP contribution is 2.35. The van der Waals surface area contributed by atoms with Crippen LogP contribution < -0.4 is 5.32 Å². The Balaban J connectivity index is 1.25. The summed E-state index contributed by atoms with van der Waals surface area (Å²) in [7, 11) is 0. The summed E-state index contributed by atoms with van der Waals surface area (Å²) >= 11 is 1.07. The molecule has 0 saturated carbocycles. The van der Waals surface area contributed by atoms with Gasteiger partial charge in [-0.1, -0.05) is 26.8 Å². The number of thiophene rings is 1. The number of aryl methyl sites for hydroxylation is 1. The van der Waals surface area contributed by atoms with Crippen molar-refractivity contribution in [3.8, 4) is 6.07 Å². The Kier molecular flexibility index (Phi) is 8.31. The van der Waals surface area contributed by atoms with Gasteiger partial charge in [0.25, 0.3) is 0 Å². The molecule has 1 N–H and O–H groups in total. The number of nitriles is 1. The molecule has 1 aromatic carbocycles. The van der Waals surface area contributed by atoms with E-state index in [0.717, 1.165) is 79.8 Å². The quantitative estimate of drug-likeness (QED) is 0.218. The van der Waals surface area contributed by atoms with E-state index in [1.54, 1.807) is 6.07 Å². The molecule has 6 nitrogen and oxygen atoms in total. The molecule has 0 aliphatic carbocycles. The molecule has 41 heavy (non-hydrogen) atoms. The molecule has 0 atom stereocenters. The Bertz CT molecular complexity index is 1570. The fourth-order valence-corrected chi connectivity index (χ4v) is 6.81. The van der Waals surface area contributed by atoms with Crippen LogP contribution in [-0.2, 0) is 19.5 Å². The molecule has 1 aliphatic rings. The molecule has 5 rings (SSSR count). The van der Waals surface area contributed by atoms with Crippen molar-refractivity contribution in [3.63, 3.8) is 0 Å². The number of piperidine rings is 1. The van der Waals surface area contributed by atoms with Gasteiger partial charge in [-0.15, -0.1) is 11.3 Å². The van der Waals surface area contributed by atoms with Crippen LogP contribution in [0.5, 0.6) is 0 Å². The maximum Gasteiger partial charge on any atom is 0.393 e. The number of nitrogens with zero attached hydrogens (tertiary/aromatic N) is 5. The number of aromatic nitrogens is 3. The maximum atomic E-state index is 12.9. The first kappa shape index (κ1) is 29.3. The molecular weight excluding hydrogens is 545 g/mol. The minimum atomic E-state index is -4.24. The van der Waals surface area contributed by atoms with Crippen LogP contribution >= 0.6 is 11.3 Å². The Morgan fingerprint density at radius 2 is 1.83 bits per heavy atom. The van der Waals surface area contributed by atoms with Crippen molar-refractivity contribution in [1.82, 2.24) is 19.4 Å². The lowest BCUT2D eigenvalue weighted by Gasteiger charge is -2.33. The van der Waals surface area contributed by atoms with E-state index < -0.39 is 12.6 Å². The van der Waals surface area contributed by atoms with E-state index in [0.29, 0.717) is 16.0 Å². The second-order valence-electron chi connectivity index (χ2n) is 11.7. The Hall–Kier alpha value is -3.16. The topological polar surface area (TPSA) is 69.8 Å². The minimum Gasteiger partial charge on any atom is -0.367 e. The summed E-state index contributed by atoms with van der Waals surface area (Å²) in [5.41, 5.74) is 4.49. The predicted octanol–water partition coefficient (Wildman–Crippen LogP) is 7.83. The summed E-state index contributed by atoms with van der Waals surface area (Å²) in [6.07, 6.45) is 0.167. The van der Waals surface area contributed by atoms with E-state index in [9.17, 15) is 18.4 Å². The van der Waals surface area contributed by atoms with Crippen LogP contribution in [0.3, 0.4) is 0 Å². The molecule has 4 aromatic rings. The molecule has 0 spiro atoms. The average molecular weight is 583 g/mol. The number of rotatable bonds is 9. The smallest absolute Gasteiger partial charge is 0.367 e. The normalized spacial score (nSPS) is 15.6. The number of benzene rings is 1. The lowest BCUT2D eigenvalue weighted by Crippen LogP contribution is -2.39. The van der Waals surface area contributed by atoms with Gasteiger partial charge in [0.2, 0.25) is 0 Å². The summed E-state index contributed by atoms with van der Waals surface area (Å²) in [5, 5.41) is 15.2. The van der Waals surface area contributed by atoms with Crippen LogP contribution in [0.15, 0.2) is 30.6 Å². The van der Waals surface area contributed by atoms with E-state index in [4.69, 9.17) is 0 Å². The molecule has 0 bridgehead atoms. The molecule has 3 aromatic heterocycles. The van der Waals surface area contributed by atoms with Gasteiger partial charge in [-0.25, -0.2) is 9.97 Å². The Morgan fingerprint density at radius 1 is 1.10 bits per heavy atom. The zero-order valence-electron chi connectivity index (χ0n) is 24.1. The molecule has 1 aliphatic heterocycles. The van der Waals surface area contributed by atoms with Gasteiger partial charge in [0.05, 0.1) is 11.8 Å². The van der Waals surface area contributed by atoms with Crippen LogP contribution in [0.4, 0.5) is 19.0 Å². The van der Waals surface area contributed by atoms with Crippen LogP contribution in [0.25, 0.3) is 21.1 Å². The van der Waals surface area contributed by atoms with E-state index in [2.05, 4.69) is 70.6 Å². The van der Waals surface area contributed by atoms with Crippen LogP contribution in [0.1, 0.15) is 68.2 Å². The molecule has 10 heteroatoms. The number of likely N-dealkylation sites (tertiary alicyclic amines) is 1. The third-order valence-electron chi connectivity index (χ3n) is 8.91. The van der Waals surface area contributed by atoms with Crippen molar-refractivity contribution in [2.75, 3.05) is 18.4 Å². The van der Waals surface area contributed by atoms with Crippen molar-refractivity contribution in [1.29, 1.82) is 5.26 Å². The Labute approximate surface area is 243 Å². The third kappa shape index (κ3) is 6.36. The lowest BCUT2D eigenvalue weighted by molar-refractivity contribution is -0.126. The van der Waals surface area contributed by atoms with Gasteiger partial charge in [-0.05, 0) is 67.3 Å². The number of halogens is 3. The zero-order valence-corrected chi connectivity index (χ0v) is 24.9. The number of fused-ring (bicyclic) bond motifs is 2. The van der Waals surface area contributed by atoms with Crippen molar-refractivity contribution < 1.29 is 13.2 Å². The van der Waals surface area contributed by atoms with Crippen LogP contribution in [0.2, 0.25) is 0 Å². The number of hydrogen-bond acceptors (Lipinski definition) is 6. The van der Waals surface area contributed by atoms with Crippen molar-refractivity contribution in [2.24, 2.45) is 5.41 Å². The number of alkyl halides is 3. The summed E-state index contributed by atoms with van der Waals surface area (Å²) in [4.78, 5) is 11.8. The summed E-state index contributed by atoms with van der Waals surface area (Å²) in [6.45, 7) is 12.4. The van der Waals surface area contributed by atoms with Gasteiger partial charge in [0.15, 0.2) is 0 Å². The van der Waals surface area contributed by atoms with Gasteiger partial charge in [-0.2, -0.15) is 18.4 Å². The fraction of sp³-hybridized carbons (Fsp3) is 0.516. The summed E-state index contributed by atoms with van der Waals surface area (Å²) < 4.78 is 40.9. The lowest BCUT2D eigenvalue weighted by atomic mass is 9.84. The van der Waals surface area contributed by atoms with Crippen molar-refractivity contribution in [2.45, 2.75) is 85.1 Å². The number of hydrogen-bond donors (Lipinski definition) is 1. The minimum absolute atomic E-state index is 0.148. The second kappa shape index (κ2) is 11.6. The van der Waals surface area contributed by atoms with Gasteiger partial charge < -0.3 is 9.88 Å². The predicted molar refractivity (Wildman–Crippen MR) is 159 cm³/mol. The SMILES string of the molecule is CCC(C)(CC)Cn1c(C#N)cc2c(C)c(CN3CCC(Nc4ncnc5sc(CC(F)(F)F)cc45)CC3)ccc21. The summed E-state index contributed by atoms with van der Waals surface area (Å²) in [5.74, 6) is 0.611. The van der Waals surface area contributed by atoms with Crippen LogP contribution in [-0.4, -0.2) is 44.7 Å². The first-order valence-electron chi connectivity index (χ1n) is 14.3. The second-order valence-corrected chi connectivity index (χ2v) is 12.8. The van der Waals surface area contributed by atoms with Gasteiger partial charge in [0.1, 0.15) is 28.7 Å². The van der Waals surface area contributed by atoms with Crippen molar-refractivity contribution in [3.05, 3.63) is 52.3 Å².